The zero-order chi connectivity index (χ0) is 21.4. The Hall–Kier alpha value is -2.94. The molecule has 0 bridgehead atoms. The minimum atomic E-state index is -1.10. The van der Waals surface area contributed by atoms with Crippen molar-refractivity contribution in [2.45, 2.75) is 51.7 Å². The number of esters is 3. The molecule has 1 aromatic rings. The Balaban J connectivity index is 2.23. The van der Waals surface area contributed by atoms with Crippen LogP contribution in [0.15, 0.2) is 29.3 Å². The van der Waals surface area contributed by atoms with Gasteiger partial charge in [0.15, 0.2) is 0 Å². The van der Waals surface area contributed by atoms with E-state index in [9.17, 15) is 14.4 Å². The van der Waals surface area contributed by atoms with Gasteiger partial charge in [-0.1, -0.05) is 0 Å². The highest BCUT2D eigenvalue weighted by atomic mass is 16.7. The molecular weight excluding hydrogens is 382 g/mol. The Morgan fingerprint density at radius 2 is 1.72 bits per heavy atom. The van der Waals surface area contributed by atoms with Crippen LogP contribution in [-0.2, 0) is 33.3 Å². The maximum absolute atomic E-state index is 11.6. The van der Waals surface area contributed by atoms with Crippen LogP contribution < -0.4 is 4.74 Å². The largest absolute Gasteiger partial charge is 0.497 e. The number of rotatable bonds is 7. The van der Waals surface area contributed by atoms with Crippen LogP contribution in [0.1, 0.15) is 32.8 Å². The van der Waals surface area contributed by atoms with Gasteiger partial charge in [0.2, 0.25) is 6.29 Å². The molecule has 0 radical (unpaired) electrons. The van der Waals surface area contributed by atoms with Crippen LogP contribution in [0.3, 0.4) is 0 Å². The van der Waals surface area contributed by atoms with Gasteiger partial charge < -0.3 is 23.7 Å². The number of hydrogen-bond donors (Lipinski definition) is 0. The Bertz CT molecular complexity index is 719. The number of ether oxygens (including phenoxy) is 5. The van der Waals surface area contributed by atoms with Crippen LogP contribution in [-0.4, -0.2) is 62.4 Å². The standard InChI is InChI=1S/C20H25NO8/c1-12(22)26-11-17-9-18(27-13(2)23)19(20(29-17)28-14(3)24)21-10-15-5-7-16(25-4)8-6-15/h5-8,10,17-20H,9,11H2,1-4H3/b21-10+/t17-,18-,19+,20+/m0/s1. The number of carbonyl (C=O) groups is 3. The molecular formula is C20H25NO8. The van der Waals surface area contributed by atoms with Gasteiger partial charge in [-0.25, -0.2) is 0 Å². The first kappa shape index (κ1) is 22.4. The van der Waals surface area contributed by atoms with E-state index in [1.807, 2.05) is 0 Å². The van der Waals surface area contributed by atoms with E-state index < -0.39 is 42.4 Å². The molecule has 9 heteroatoms. The molecule has 0 unspecified atom stereocenters. The predicted molar refractivity (Wildman–Crippen MR) is 102 cm³/mol. The summed E-state index contributed by atoms with van der Waals surface area (Å²) < 4.78 is 26.5. The molecule has 158 valence electrons. The summed E-state index contributed by atoms with van der Waals surface area (Å²) in [4.78, 5) is 38.7. The lowest BCUT2D eigenvalue weighted by atomic mass is 10.00. The zero-order valence-electron chi connectivity index (χ0n) is 16.8. The van der Waals surface area contributed by atoms with Crippen molar-refractivity contribution in [3.8, 4) is 5.75 Å². The molecule has 1 fully saturated rings. The molecule has 1 aliphatic rings. The van der Waals surface area contributed by atoms with E-state index in [2.05, 4.69) is 4.99 Å². The molecule has 1 aromatic carbocycles. The molecule has 1 heterocycles. The molecule has 4 atom stereocenters. The second kappa shape index (κ2) is 10.6. The summed E-state index contributed by atoms with van der Waals surface area (Å²) in [5.74, 6) is -0.850. The number of carbonyl (C=O) groups excluding carboxylic acids is 3. The van der Waals surface area contributed by atoms with Gasteiger partial charge in [-0.3, -0.25) is 19.4 Å². The maximum atomic E-state index is 11.6. The van der Waals surface area contributed by atoms with Crippen molar-refractivity contribution in [1.82, 2.24) is 0 Å². The van der Waals surface area contributed by atoms with Gasteiger partial charge in [0.1, 0.15) is 24.5 Å². The second-order valence-electron chi connectivity index (χ2n) is 6.46. The van der Waals surface area contributed by atoms with Gasteiger partial charge in [-0.2, -0.15) is 0 Å². The van der Waals surface area contributed by atoms with E-state index in [0.717, 1.165) is 5.56 Å². The van der Waals surface area contributed by atoms with Crippen molar-refractivity contribution in [3.05, 3.63) is 29.8 Å². The second-order valence-corrected chi connectivity index (χ2v) is 6.46. The van der Waals surface area contributed by atoms with E-state index in [1.54, 1.807) is 37.6 Å². The predicted octanol–water partition coefficient (Wildman–Crippen LogP) is 1.66. The number of nitrogens with zero attached hydrogens (tertiary/aromatic N) is 1. The molecule has 0 saturated carbocycles. The number of aliphatic imine (C=N–C) groups is 1. The Morgan fingerprint density at radius 1 is 1.07 bits per heavy atom. The monoisotopic (exact) mass is 407 g/mol. The normalized spacial score (nSPS) is 24.0. The van der Waals surface area contributed by atoms with Crippen LogP contribution in [0.4, 0.5) is 0 Å². The average molecular weight is 407 g/mol. The van der Waals surface area contributed by atoms with Gasteiger partial charge in [-0.15, -0.1) is 0 Å². The SMILES string of the molecule is COc1ccc(/C=N/[C@H]2[C@H](OC(C)=O)O[C@H](COC(C)=O)C[C@@H]2OC(C)=O)cc1. The quantitative estimate of drug-likeness (QED) is 0.381. The molecule has 29 heavy (non-hydrogen) atoms. The van der Waals surface area contributed by atoms with E-state index in [1.165, 1.54) is 20.8 Å². The summed E-state index contributed by atoms with van der Waals surface area (Å²) in [6, 6.07) is 6.38. The van der Waals surface area contributed by atoms with Gasteiger partial charge >= 0.3 is 17.9 Å². The van der Waals surface area contributed by atoms with Gasteiger partial charge in [0.05, 0.1) is 13.2 Å². The number of hydrogen-bond acceptors (Lipinski definition) is 9. The minimum absolute atomic E-state index is 0.0558. The summed E-state index contributed by atoms with van der Waals surface area (Å²) in [6.07, 6.45) is -0.622. The van der Waals surface area contributed by atoms with Crippen LogP contribution in [0.2, 0.25) is 0 Å². The van der Waals surface area contributed by atoms with Crippen molar-refractivity contribution in [3.63, 3.8) is 0 Å². The lowest BCUT2D eigenvalue weighted by Crippen LogP contribution is -2.51. The van der Waals surface area contributed by atoms with E-state index in [-0.39, 0.29) is 13.0 Å². The minimum Gasteiger partial charge on any atom is -0.497 e. The smallest absolute Gasteiger partial charge is 0.305 e. The first-order chi connectivity index (χ1) is 13.8. The first-order valence-electron chi connectivity index (χ1n) is 9.09. The van der Waals surface area contributed by atoms with Crippen LogP contribution in [0.5, 0.6) is 5.75 Å². The van der Waals surface area contributed by atoms with E-state index >= 15 is 0 Å². The lowest BCUT2D eigenvalue weighted by molar-refractivity contribution is -0.232. The zero-order valence-corrected chi connectivity index (χ0v) is 16.8. The lowest BCUT2D eigenvalue weighted by Gasteiger charge is -2.38. The highest BCUT2D eigenvalue weighted by Crippen LogP contribution is 2.27. The molecule has 1 saturated heterocycles. The fourth-order valence-corrected chi connectivity index (χ4v) is 2.84. The van der Waals surface area contributed by atoms with Crippen LogP contribution in [0.25, 0.3) is 0 Å². The van der Waals surface area contributed by atoms with Gasteiger partial charge in [-0.05, 0) is 29.8 Å². The molecule has 1 aliphatic heterocycles. The van der Waals surface area contributed by atoms with Crippen molar-refractivity contribution >= 4 is 24.1 Å². The fraction of sp³-hybridized carbons (Fsp3) is 0.500. The van der Waals surface area contributed by atoms with Gasteiger partial charge in [0, 0.05) is 33.4 Å². The highest BCUT2D eigenvalue weighted by molar-refractivity contribution is 5.80. The molecule has 0 aliphatic carbocycles. The van der Waals surface area contributed by atoms with Crippen molar-refractivity contribution in [1.29, 1.82) is 0 Å². The maximum Gasteiger partial charge on any atom is 0.305 e. The topological polar surface area (TPSA) is 110 Å². The molecule has 0 amide bonds. The summed E-state index contributed by atoms with van der Waals surface area (Å²) in [5, 5.41) is 0. The van der Waals surface area contributed by atoms with Crippen molar-refractivity contribution < 1.29 is 38.1 Å². The summed E-state index contributed by atoms with van der Waals surface area (Å²) in [5.41, 5.74) is 0.774. The number of methoxy groups -OCH3 is 1. The number of benzene rings is 1. The fourth-order valence-electron chi connectivity index (χ4n) is 2.84. The summed E-state index contributed by atoms with van der Waals surface area (Å²) >= 11 is 0. The van der Waals surface area contributed by atoms with Crippen molar-refractivity contribution in [2.75, 3.05) is 13.7 Å². The Morgan fingerprint density at radius 3 is 2.28 bits per heavy atom. The van der Waals surface area contributed by atoms with Gasteiger partial charge in [0.25, 0.3) is 0 Å². The average Bonchev–Trinajstić information content (AvgIpc) is 2.65. The molecule has 0 spiro atoms. The third-order valence-electron chi connectivity index (χ3n) is 4.07. The highest BCUT2D eigenvalue weighted by Gasteiger charge is 2.42. The third-order valence-corrected chi connectivity index (χ3v) is 4.07. The van der Waals surface area contributed by atoms with Crippen molar-refractivity contribution in [2.24, 2.45) is 4.99 Å². The third kappa shape index (κ3) is 7.19. The molecule has 9 nitrogen and oxygen atoms in total. The first-order valence-corrected chi connectivity index (χ1v) is 9.09. The Labute approximate surface area is 168 Å². The van der Waals surface area contributed by atoms with Crippen LogP contribution in [0, 0.1) is 0 Å². The van der Waals surface area contributed by atoms with E-state index in [0.29, 0.717) is 5.75 Å². The summed E-state index contributed by atoms with van der Waals surface area (Å²) in [6.45, 7) is 3.74. The molecule has 0 N–H and O–H groups in total. The Kier molecular flexibility index (Phi) is 8.14. The molecule has 0 aromatic heterocycles. The van der Waals surface area contributed by atoms with E-state index in [4.69, 9.17) is 23.7 Å². The summed E-state index contributed by atoms with van der Waals surface area (Å²) in [7, 11) is 1.57. The molecule has 2 rings (SSSR count). The van der Waals surface area contributed by atoms with Crippen LogP contribution >= 0.6 is 0 Å².